The van der Waals surface area contributed by atoms with Crippen molar-refractivity contribution in [1.29, 1.82) is 0 Å². The van der Waals surface area contributed by atoms with Crippen LogP contribution in [0.25, 0.3) is 32.6 Å². The Morgan fingerprint density at radius 3 is 1.47 bits per heavy atom. The number of rotatable bonds is 12. The summed E-state index contributed by atoms with van der Waals surface area (Å²) in [6, 6.07) is 25.1. The smallest absolute Gasteiger partial charge is 0.242 e. The zero-order valence-corrected chi connectivity index (χ0v) is 34.1. The zero-order chi connectivity index (χ0) is 39.3. The lowest BCUT2D eigenvalue weighted by molar-refractivity contribution is -0.0505. The number of hydrogen-bond donors (Lipinski definition) is 0. The molecule has 10 nitrogen and oxygen atoms in total. The van der Waals surface area contributed by atoms with Crippen molar-refractivity contribution in [3.05, 3.63) is 96.3 Å². The van der Waals surface area contributed by atoms with Crippen LogP contribution in [0.4, 0.5) is 0 Å². The highest BCUT2D eigenvalue weighted by molar-refractivity contribution is 5.91. The third-order valence-corrected chi connectivity index (χ3v) is 14.3. The maximum atomic E-state index is 7.30. The van der Waals surface area contributed by atoms with Gasteiger partial charge in [0.05, 0.1) is 48.1 Å². The second kappa shape index (κ2) is 15.6. The first-order valence-electron chi connectivity index (χ1n) is 21.5. The van der Waals surface area contributed by atoms with E-state index in [-0.39, 0.29) is 24.3 Å². The quantitative estimate of drug-likeness (QED) is 0.120. The molecule has 3 aromatic carbocycles. The van der Waals surface area contributed by atoms with Gasteiger partial charge < -0.3 is 18.9 Å². The van der Waals surface area contributed by atoms with E-state index in [9.17, 15) is 0 Å². The normalized spacial score (nSPS) is 27.4. The van der Waals surface area contributed by atoms with Crippen LogP contribution >= 0.6 is 0 Å². The summed E-state index contributed by atoms with van der Waals surface area (Å²) in [6.07, 6.45) is 10.2. The largest absolute Gasteiger partial charge is 0.497 e. The Labute approximate surface area is 340 Å². The van der Waals surface area contributed by atoms with Crippen molar-refractivity contribution >= 4 is 32.6 Å². The van der Waals surface area contributed by atoms with Gasteiger partial charge in [0.15, 0.2) is 0 Å². The minimum Gasteiger partial charge on any atom is -0.497 e. The average Bonchev–Trinajstić information content (AvgIpc) is 3.29. The van der Waals surface area contributed by atoms with Gasteiger partial charge in [0, 0.05) is 47.4 Å². The number of pyridine rings is 2. The van der Waals surface area contributed by atoms with E-state index in [1.165, 1.54) is 25.7 Å². The van der Waals surface area contributed by atoms with Crippen LogP contribution in [0.15, 0.2) is 85.2 Å². The number of fused-ring (bicyclic) bond motifs is 9. The van der Waals surface area contributed by atoms with Gasteiger partial charge in [0.2, 0.25) is 11.8 Å². The van der Waals surface area contributed by atoms with Crippen LogP contribution in [0, 0.1) is 23.7 Å². The molecule has 6 fully saturated rings. The second-order valence-electron chi connectivity index (χ2n) is 17.0. The Morgan fingerprint density at radius 2 is 1.07 bits per heavy atom. The number of hydrogen-bond acceptors (Lipinski definition) is 10. The monoisotopic (exact) mass is 778 g/mol. The first-order valence-corrected chi connectivity index (χ1v) is 21.5. The van der Waals surface area contributed by atoms with Gasteiger partial charge in [-0.1, -0.05) is 38.8 Å². The van der Waals surface area contributed by atoms with E-state index in [0.29, 0.717) is 35.4 Å². The fraction of sp³-hybridized carbons (Fsp3) is 0.458. The van der Waals surface area contributed by atoms with Gasteiger partial charge in [-0.15, -0.1) is 10.2 Å². The molecule has 6 aromatic rings. The van der Waals surface area contributed by atoms with Gasteiger partial charge in [-0.05, 0) is 123 Å². The lowest BCUT2D eigenvalue weighted by Crippen LogP contribution is -2.56. The van der Waals surface area contributed by atoms with Gasteiger partial charge in [-0.25, -0.2) is 0 Å². The second-order valence-corrected chi connectivity index (χ2v) is 17.0. The molecule has 1 unspecified atom stereocenters. The third kappa shape index (κ3) is 6.58. The molecule has 6 aliphatic heterocycles. The zero-order valence-electron chi connectivity index (χ0n) is 34.1. The van der Waals surface area contributed by atoms with Crippen molar-refractivity contribution in [1.82, 2.24) is 30.0 Å². The minimum atomic E-state index is -0.300. The number of piperidine rings is 6. The van der Waals surface area contributed by atoms with Crippen molar-refractivity contribution in [2.75, 3.05) is 40.4 Å². The molecule has 0 amide bonds. The molecular formula is C48H54N6O4. The summed E-state index contributed by atoms with van der Waals surface area (Å²) in [5.74, 6) is 5.39. The molecular weight excluding hydrogens is 725 g/mol. The van der Waals surface area contributed by atoms with E-state index in [2.05, 4.69) is 72.2 Å². The van der Waals surface area contributed by atoms with Gasteiger partial charge >= 0.3 is 0 Å². The topological polar surface area (TPSA) is 95.0 Å². The van der Waals surface area contributed by atoms with Crippen LogP contribution < -0.4 is 18.9 Å². The van der Waals surface area contributed by atoms with E-state index >= 15 is 0 Å². The Bertz CT molecular complexity index is 2280. The van der Waals surface area contributed by atoms with Gasteiger partial charge in [-0.3, -0.25) is 19.8 Å². The van der Waals surface area contributed by atoms with Crippen LogP contribution in [0.5, 0.6) is 23.3 Å². The first-order chi connectivity index (χ1) is 28.5. The SMILES string of the molecule is CC[C@H]1C[N@]2CCC1C[C@@H]2[C@@H](Oc1nnc(O[C@@H](c2ccnc3ccc(OC)cc23)[C@H]2C[C@@H]3CC[N@]2C[C@@H]3CC)c2ccccc12)c1ccnc2ccc(OC)cc12. The van der Waals surface area contributed by atoms with Crippen molar-refractivity contribution < 1.29 is 18.9 Å². The molecule has 6 saturated heterocycles. The first kappa shape index (κ1) is 37.2. The maximum Gasteiger partial charge on any atom is 0.242 e. The number of benzene rings is 3. The highest BCUT2D eigenvalue weighted by Gasteiger charge is 2.46. The molecule has 4 bridgehead atoms. The summed E-state index contributed by atoms with van der Waals surface area (Å²) in [5, 5.41) is 13.7. The lowest BCUT2D eigenvalue weighted by atomic mass is 9.72. The molecule has 0 radical (unpaired) electrons. The van der Waals surface area contributed by atoms with Crippen molar-refractivity contribution in [3.63, 3.8) is 0 Å². The summed E-state index contributed by atoms with van der Waals surface area (Å²) >= 11 is 0. The van der Waals surface area contributed by atoms with Crippen molar-refractivity contribution in [3.8, 4) is 23.3 Å². The van der Waals surface area contributed by atoms with E-state index in [1.807, 2.05) is 36.7 Å². The van der Waals surface area contributed by atoms with Crippen LogP contribution in [-0.2, 0) is 0 Å². The molecule has 6 aliphatic rings. The van der Waals surface area contributed by atoms with E-state index < -0.39 is 0 Å². The highest BCUT2D eigenvalue weighted by Crippen LogP contribution is 2.47. The van der Waals surface area contributed by atoms with Gasteiger partial charge in [-0.2, -0.15) is 0 Å². The summed E-state index contributed by atoms with van der Waals surface area (Å²) in [4.78, 5) is 14.8. The van der Waals surface area contributed by atoms with Gasteiger partial charge in [0.1, 0.15) is 23.7 Å². The van der Waals surface area contributed by atoms with Crippen LogP contribution in [0.1, 0.15) is 75.7 Å². The predicted octanol–water partition coefficient (Wildman–Crippen LogP) is 9.22. The average molecular weight is 779 g/mol. The molecule has 10 heteroatoms. The lowest BCUT2D eigenvalue weighted by Gasteiger charge is -2.52. The van der Waals surface area contributed by atoms with Crippen LogP contribution in [0.2, 0.25) is 0 Å². The van der Waals surface area contributed by atoms with E-state index in [4.69, 9.17) is 39.1 Å². The molecule has 10 atom stereocenters. The van der Waals surface area contributed by atoms with E-state index in [1.54, 1.807) is 14.2 Å². The molecule has 300 valence electrons. The third-order valence-electron chi connectivity index (χ3n) is 14.3. The molecule has 0 saturated carbocycles. The summed E-state index contributed by atoms with van der Waals surface area (Å²) in [5.41, 5.74) is 4.01. The standard InChI is InChI=1S/C48H54N6O4/c1-5-29-27-53-21-17-31(29)23-43(53)45(35-15-19-49-41-13-11-33(55-3)25-39(35)41)57-47-37-9-7-8-10-38(37)48(52-51-47)58-46(44-24-32-18-22-54(44)28-30(32)6-2)36-16-20-50-42-14-12-34(56-4)26-40(36)42/h7-16,19-20,25-26,29-32,43-46H,5-6,17-18,21-24,27-28H2,1-4H3/t29-,30-,31-,32?,43+,44+,45-,46-/m0/s1. The number of ether oxygens (including phenoxy) is 4. The summed E-state index contributed by atoms with van der Waals surface area (Å²) < 4.78 is 26.0. The van der Waals surface area contributed by atoms with E-state index in [0.717, 1.165) is 94.2 Å². The molecule has 0 spiro atoms. The minimum absolute atomic E-state index is 0.180. The molecule has 0 aliphatic carbocycles. The fourth-order valence-corrected chi connectivity index (χ4v) is 11.1. The Hall–Kier alpha value is -5.06. The molecule has 0 N–H and O–H groups in total. The Kier molecular flexibility index (Phi) is 10.0. The molecule has 58 heavy (non-hydrogen) atoms. The predicted molar refractivity (Wildman–Crippen MR) is 227 cm³/mol. The molecule has 9 heterocycles. The summed E-state index contributed by atoms with van der Waals surface area (Å²) in [7, 11) is 3.42. The number of nitrogens with zero attached hydrogens (tertiary/aromatic N) is 6. The Balaban J connectivity index is 1.06. The fourth-order valence-electron chi connectivity index (χ4n) is 11.1. The van der Waals surface area contributed by atoms with Crippen molar-refractivity contribution in [2.45, 2.75) is 76.7 Å². The maximum absolute atomic E-state index is 7.30. The van der Waals surface area contributed by atoms with Gasteiger partial charge in [0.25, 0.3) is 0 Å². The van der Waals surface area contributed by atoms with Crippen LogP contribution in [0.3, 0.4) is 0 Å². The number of aromatic nitrogens is 4. The summed E-state index contributed by atoms with van der Waals surface area (Å²) in [6.45, 7) is 9.00. The molecule has 3 aromatic heterocycles. The Morgan fingerprint density at radius 1 is 0.603 bits per heavy atom. The van der Waals surface area contributed by atoms with Crippen LogP contribution in [-0.4, -0.2) is 82.4 Å². The van der Waals surface area contributed by atoms with Crippen molar-refractivity contribution in [2.24, 2.45) is 23.7 Å². The molecule has 12 rings (SSSR count). The number of methoxy groups -OCH3 is 2. The highest BCUT2D eigenvalue weighted by atomic mass is 16.5.